The lowest BCUT2D eigenvalue weighted by molar-refractivity contribution is 0.0600. The van der Waals surface area contributed by atoms with Gasteiger partial charge in [0.15, 0.2) is 0 Å². The van der Waals surface area contributed by atoms with Gasteiger partial charge in [-0.3, -0.25) is 9.88 Å². The first-order valence-corrected chi connectivity index (χ1v) is 8.72. The Morgan fingerprint density at radius 3 is 2.88 bits per heavy atom. The maximum Gasteiger partial charge on any atom is 0.337 e. The largest absolute Gasteiger partial charge is 0.465 e. The Morgan fingerprint density at radius 1 is 1.20 bits per heavy atom. The van der Waals surface area contributed by atoms with Crippen LogP contribution in [-0.4, -0.2) is 49.1 Å². The van der Waals surface area contributed by atoms with Crippen molar-refractivity contribution in [3.8, 4) is 0 Å². The van der Waals surface area contributed by atoms with Gasteiger partial charge in [0.2, 0.25) is 0 Å². The standard InChI is InChI=1S/C20H25N3O2/c1-16-14-21-8-7-19(16)23-10-4-9-22(11-12-23)15-17-5-3-6-18(13-17)20(24)25-2/h3,5-8,13-14H,4,9-12,15H2,1-2H3. The highest BCUT2D eigenvalue weighted by molar-refractivity contribution is 5.89. The molecule has 0 spiro atoms. The Bertz CT molecular complexity index is 732. The number of nitrogens with zero attached hydrogens (tertiary/aromatic N) is 3. The fraction of sp³-hybridized carbons (Fsp3) is 0.400. The SMILES string of the molecule is COC(=O)c1cccc(CN2CCCN(c3ccncc3C)CC2)c1. The van der Waals surface area contributed by atoms with Crippen LogP contribution in [-0.2, 0) is 11.3 Å². The monoisotopic (exact) mass is 339 g/mol. The highest BCUT2D eigenvalue weighted by atomic mass is 16.5. The molecule has 1 aromatic heterocycles. The second kappa shape index (κ2) is 8.12. The van der Waals surface area contributed by atoms with Crippen LogP contribution in [0.1, 0.15) is 27.9 Å². The van der Waals surface area contributed by atoms with Gasteiger partial charge in [-0.25, -0.2) is 4.79 Å². The molecule has 1 aromatic carbocycles. The normalized spacial score (nSPS) is 15.7. The topological polar surface area (TPSA) is 45.7 Å². The Kier molecular flexibility index (Phi) is 5.66. The van der Waals surface area contributed by atoms with Gasteiger partial charge in [-0.05, 0) is 42.7 Å². The summed E-state index contributed by atoms with van der Waals surface area (Å²) in [4.78, 5) is 20.8. The van der Waals surface area contributed by atoms with Crippen molar-refractivity contribution in [3.63, 3.8) is 0 Å². The van der Waals surface area contributed by atoms with Crippen LogP contribution in [0.2, 0.25) is 0 Å². The second-order valence-corrected chi connectivity index (χ2v) is 6.47. The van der Waals surface area contributed by atoms with E-state index >= 15 is 0 Å². The summed E-state index contributed by atoms with van der Waals surface area (Å²) in [5.41, 5.74) is 4.27. The minimum atomic E-state index is -0.281. The molecule has 0 bridgehead atoms. The zero-order chi connectivity index (χ0) is 17.6. The van der Waals surface area contributed by atoms with Gasteiger partial charge in [-0.1, -0.05) is 12.1 Å². The summed E-state index contributed by atoms with van der Waals surface area (Å²) in [5.74, 6) is -0.281. The van der Waals surface area contributed by atoms with Crippen LogP contribution in [0.5, 0.6) is 0 Å². The molecule has 0 N–H and O–H groups in total. The molecule has 0 radical (unpaired) electrons. The number of aromatic nitrogens is 1. The molecular formula is C20H25N3O2. The van der Waals surface area contributed by atoms with Gasteiger partial charge in [0, 0.05) is 50.8 Å². The summed E-state index contributed by atoms with van der Waals surface area (Å²) in [6.45, 7) is 7.09. The molecule has 3 rings (SSSR count). The number of pyridine rings is 1. The van der Waals surface area contributed by atoms with Gasteiger partial charge in [-0.15, -0.1) is 0 Å². The highest BCUT2D eigenvalue weighted by Gasteiger charge is 2.17. The van der Waals surface area contributed by atoms with Crippen molar-refractivity contribution in [2.75, 3.05) is 38.2 Å². The highest BCUT2D eigenvalue weighted by Crippen LogP contribution is 2.20. The van der Waals surface area contributed by atoms with Crippen molar-refractivity contribution in [3.05, 3.63) is 59.4 Å². The minimum absolute atomic E-state index is 0.281. The van der Waals surface area contributed by atoms with Crippen molar-refractivity contribution in [2.45, 2.75) is 19.9 Å². The number of benzene rings is 1. The van der Waals surface area contributed by atoms with Crippen molar-refractivity contribution in [2.24, 2.45) is 0 Å². The molecule has 1 aliphatic rings. The van der Waals surface area contributed by atoms with Crippen LogP contribution in [0.4, 0.5) is 5.69 Å². The second-order valence-electron chi connectivity index (χ2n) is 6.47. The first kappa shape index (κ1) is 17.4. The zero-order valence-electron chi connectivity index (χ0n) is 14.9. The van der Waals surface area contributed by atoms with Crippen LogP contribution in [0.25, 0.3) is 0 Å². The molecule has 2 heterocycles. The number of esters is 1. The predicted molar refractivity (Wildman–Crippen MR) is 98.9 cm³/mol. The molecule has 0 amide bonds. The molecule has 132 valence electrons. The summed E-state index contributed by atoms with van der Waals surface area (Å²) in [5, 5.41) is 0. The lowest BCUT2D eigenvalue weighted by Gasteiger charge is -2.25. The molecule has 1 saturated heterocycles. The van der Waals surface area contributed by atoms with Crippen LogP contribution < -0.4 is 4.90 Å². The lowest BCUT2D eigenvalue weighted by atomic mass is 10.1. The van der Waals surface area contributed by atoms with Gasteiger partial charge >= 0.3 is 5.97 Å². The third kappa shape index (κ3) is 4.37. The van der Waals surface area contributed by atoms with Gasteiger partial charge in [-0.2, -0.15) is 0 Å². The van der Waals surface area contributed by atoms with E-state index in [2.05, 4.69) is 33.8 Å². The third-order valence-electron chi connectivity index (χ3n) is 4.67. The van der Waals surface area contributed by atoms with E-state index < -0.39 is 0 Å². The van der Waals surface area contributed by atoms with Crippen LogP contribution in [0.3, 0.4) is 0 Å². The van der Waals surface area contributed by atoms with E-state index in [0.29, 0.717) is 5.56 Å². The van der Waals surface area contributed by atoms with Crippen LogP contribution in [0.15, 0.2) is 42.7 Å². The molecule has 0 saturated carbocycles. The number of aryl methyl sites for hydroxylation is 1. The number of rotatable bonds is 4. The van der Waals surface area contributed by atoms with E-state index in [4.69, 9.17) is 4.74 Å². The van der Waals surface area contributed by atoms with Gasteiger partial charge in [0.05, 0.1) is 12.7 Å². The number of carbonyl (C=O) groups is 1. The number of carbonyl (C=O) groups excluding carboxylic acids is 1. The van der Waals surface area contributed by atoms with Crippen molar-refractivity contribution in [1.82, 2.24) is 9.88 Å². The Morgan fingerprint density at radius 2 is 2.08 bits per heavy atom. The van der Waals surface area contributed by atoms with E-state index in [-0.39, 0.29) is 5.97 Å². The maximum atomic E-state index is 11.7. The first-order valence-electron chi connectivity index (χ1n) is 8.72. The molecular weight excluding hydrogens is 314 g/mol. The Hall–Kier alpha value is -2.40. The number of methoxy groups -OCH3 is 1. The van der Waals surface area contributed by atoms with Gasteiger partial charge < -0.3 is 9.64 Å². The van der Waals surface area contributed by atoms with E-state index in [1.807, 2.05) is 24.5 Å². The number of hydrogen-bond donors (Lipinski definition) is 0. The average Bonchev–Trinajstić information content (AvgIpc) is 2.87. The first-order chi connectivity index (χ1) is 12.2. The smallest absolute Gasteiger partial charge is 0.337 e. The molecule has 0 atom stereocenters. The number of ether oxygens (including phenoxy) is 1. The summed E-state index contributed by atoms with van der Waals surface area (Å²) in [7, 11) is 1.42. The molecule has 1 fully saturated rings. The molecule has 5 heteroatoms. The number of hydrogen-bond acceptors (Lipinski definition) is 5. The van der Waals surface area contributed by atoms with E-state index in [1.165, 1.54) is 18.4 Å². The molecule has 25 heavy (non-hydrogen) atoms. The lowest BCUT2D eigenvalue weighted by Crippen LogP contribution is -2.30. The summed E-state index contributed by atoms with van der Waals surface area (Å²) in [6, 6.07) is 9.83. The average molecular weight is 339 g/mol. The van der Waals surface area contributed by atoms with E-state index in [9.17, 15) is 4.79 Å². The summed E-state index contributed by atoms with van der Waals surface area (Å²) in [6.07, 6.45) is 4.91. The quantitative estimate of drug-likeness (QED) is 0.802. The van der Waals surface area contributed by atoms with E-state index in [0.717, 1.165) is 44.7 Å². The van der Waals surface area contributed by atoms with Crippen LogP contribution in [0, 0.1) is 6.92 Å². The van der Waals surface area contributed by atoms with E-state index in [1.54, 1.807) is 6.07 Å². The summed E-state index contributed by atoms with van der Waals surface area (Å²) < 4.78 is 4.81. The number of anilines is 1. The Labute approximate surface area is 149 Å². The van der Waals surface area contributed by atoms with Crippen molar-refractivity contribution >= 4 is 11.7 Å². The minimum Gasteiger partial charge on any atom is -0.465 e. The van der Waals surface area contributed by atoms with Crippen molar-refractivity contribution < 1.29 is 9.53 Å². The fourth-order valence-corrected chi connectivity index (χ4v) is 3.36. The molecule has 5 nitrogen and oxygen atoms in total. The van der Waals surface area contributed by atoms with Crippen LogP contribution >= 0.6 is 0 Å². The predicted octanol–water partition coefficient (Wildman–Crippen LogP) is 2.89. The zero-order valence-corrected chi connectivity index (χ0v) is 14.9. The molecule has 1 aliphatic heterocycles. The fourth-order valence-electron chi connectivity index (χ4n) is 3.36. The third-order valence-corrected chi connectivity index (χ3v) is 4.67. The summed E-state index contributed by atoms with van der Waals surface area (Å²) >= 11 is 0. The maximum absolute atomic E-state index is 11.7. The Balaban J connectivity index is 1.64. The van der Waals surface area contributed by atoms with Gasteiger partial charge in [0.25, 0.3) is 0 Å². The molecule has 2 aromatic rings. The van der Waals surface area contributed by atoms with Crippen molar-refractivity contribution in [1.29, 1.82) is 0 Å². The molecule has 0 aliphatic carbocycles. The van der Waals surface area contributed by atoms with Gasteiger partial charge in [0.1, 0.15) is 0 Å². The molecule has 0 unspecified atom stereocenters.